The van der Waals surface area contributed by atoms with Gasteiger partial charge in [0.05, 0.1) is 5.92 Å². The van der Waals surface area contributed by atoms with E-state index >= 15 is 0 Å². The first-order valence-corrected chi connectivity index (χ1v) is 11.8. The molecule has 31 heavy (non-hydrogen) atoms. The Labute approximate surface area is 185 Å². The van der Waals surface area contributed by atoms with Crippen molar-refractivity contribution in [3.8, 4) is 5.75 Å². The minimum absolute atomic E-state index is 0.0552. The van der Waals surface area contributed by atoms with E-state index < -0.39 is 11.8 Å². The van der Waals surface area contributed by atoms with E-state index in [1.54, 1.807) is 6.07 Å². The van der Waals surface area contributed by atoms with Gasteiger partial charge in [0, 0.05) is 6.08 Å². The Morgan fingerprint density at radius 2 is 1.71 bits per heavy atom. The number of carbonyl (C=O) groups is 2. The van der Waals surface area contributed by atoms with Crippen molar-refractivity contribution < 1.29 is 23.5 Å². The van der Waals surface area contributed by atoms with Gasteiger partial charge in [-0.05, 0) is 74.0 Å². The van der Waals surface area contributed by atoms with Gasteiger partial charge in [0.1, 0.15) is 6.61 Å². The van der Waals surface area contributed by atoms with Crippen LogP contribution >= 0.6 is 0 Å². The lowest BCUT2D eigenvalue weighted by Crippen LogP contribution is -2.30. The van der Waals surface area contributed by atoms with E-state index in [0.29, 0.717) is 5.56 Å². The summed E-state index contributed by atoms with van der Waals surface area (Å²) in [5, 5.41) is 0. The van der Waals surface area contributed by atoms with Crippen LogP contribution in [0.1, 0.15) is 76.7 Å². The second kappa shape index (κ2) is 11.4. The molecule has 0 saturated heterocycles. The number of benzene rings is 1. The third-order valence-electron chi connectivity index (χ3n) is 7.11. The molecule has 1 aromatic carbocycles. The molecule has 0 aromatic heterocycles. The molecule has 0 spiro atoms. The Hall–Kier alpha value is -2.17. The number of rotatable bonds is 8. The highest BCUT2D eigenvalue weighted by atomic mass is 19.1. The number of esters is 2. The first-order chi connectivity index (χ1) is 15.0. The molecule has 0 unspecified atom stereocenters. The summed E-state index contributed by atoms with van der Waals surface area (Å²) in [6.45, 7) is 5.53. The zero-order valence-electron chi connectivity index (χ0n) is 18.6. The van der Waals surface area contributed by atoms with Gasteiger partial charge in [-0.2, -0.15) is 0 Å². The average Bonchev–Trinajstić information content (AvgIpc) is 2.80. The summed E-state index contributed by atoms with van der Waals surface area (Å²) in [4.78, 5) is 23.7. The fourth-order valence-corrected chi connectivity index (χ4v) is 5.30. The Morgan fingerprint density at radius 1 is 1.06 bits per heavy atom. The summed E-state index contributed by atoms with van der Waals surface area (Å²) in [5.41, 5.74) is 0.488. The second-order valence-corrected chi connectivity index (χ2v) is 9.18. The van der Waals surface area contributed by atoms with Gasteiger partial charge in [-0.15, -0.1) is 0 Å². The lowest BCUT2D eigenvalue weighted by molar-refractivity contribution is -0.141. The molecule has 0 atom stereocenters. The minimum atomic E-state index is -0.627. The van der Waals surface area contributed by atoms with Crippen LogP contribution in [-0.2, 0) is 20.9 Å². The van der Waals surface area contributed by atoms with Gasteiger partial charge in [-0.25, -0.2) is 9.18 Å². The van der Waals surface area contributed by atoms with Crippen molar-refractivity contribution in [3.05, 3.63) is 42.2 Å². The molecule has 0 heterocycles. The molecule has 0 N–H and O–H groups in total. The highest BCUT2D eigenvalue weighted by molar-refractivity contribution is 5.81. The molecule has 2 fully saturated rings. The summed E-state index contributed by atoms with van der Waals surface area (Å²) in [6.07, 6.45) is 12.9. The van der Waals surface area contributed by atoms with E-state index in [0.717, 1.165) is 49.5 Å². The van der Waals surface area contributed by atoms with Crippen molar-refractivity contribution >= 4 is 11.9 Å². The van der Waals surface area contributed by atoms with Gasteiger partial charge in [-0.3, -0.25) is 4.79 Å². The maximum absolute atomic E-state index is 14.3. The molecule has 1 aromatic rings. The normalized spacial score (nSPS) is 26.1. The average molecular weight is 431 g/mol. The molecule has 4 nitrogen and oxygen atoms in total. The smallest absolute Gasteiger partial charge is 0.330 e. The van der Waals surface area contributed by atoms with Crippen LogP contribution in [0.15, 0.2) is 30.9 Å². The maximum atomic E-state index is 14.3. The Morgan fingerprint density at radius 3 is 2.29 bits per heavy atom. The Balaban J connectivity index is 1.45. The van der Waals surface area contributed by atoms with Gasteiger partial charge < -0.3 is 9.47 Å². The van der Waals surface area contributed by atoms with Crippen LogP contribution in [0.25, 0.3) is 0 Å². The molecule has 2 aliphatic rings. The topological polar surface area (TPSA) is 52.6 Å². The number of carbonyl (C=O) groups excluding carboxylic acids is 2. The van der Waals surface area contributed by atoms with Crippen molar-refractivity contribution in [3.63, 3.8) is 0 Å². The Kier molecular flexibility index (Phi) is 8.68. The largest absolute Gasteiger partial charge is 0.458 e. The fourth-order valence-electron chi connectivity index (χ4n) is 5.30. The van der Waals surface area contributed by atoms with Crippen LogP contribution in [-0.4, -0.2) is 11.9 Å². The van der Waals surface area contributed by atoms with Crippen molar-refractivity contribution in [2.45, 2.75) is 77.7 Å². The SMILES string of the molecule is C=CC(=O)OCc1ccc(OC(=O)C2CCC(C3CCC(CCC)CC3)CC2)c(F)c1. The third kappa shape index (κ3) is 6.65. The van der Waals surface area contributed by atoms with E-state index in [9.17, 15) is 14.0 Å². The lowest BCUT2D eigenvalue weighted by Gasteiger charge is -2.37. The summed E-state index contributed by atoms with van der Waals surface area (Å²) in [5.74, 6) is 0.697. The van der Waals surface area contributed by atoms with E-state index in [1.165, 1.54) is 50.7 Å². The third-order valence-corrected chi connectivity index (χ3v) is 7.11. The first kappa shape index (κ1) is 23.5. The van der Waals surface area contributed by atoms with Crippen LogP contribution in [0.4, 0.5) is 4.39 Å². The molecule has 3 rings (SSSR count). The summed E-state index contributed by atoms with van der Waals surface area (Å²) < 4.78 is 24.6. The number of hydrogen-bond acceptors (Lipinski definition) is 4. The Bertz CT molecular complexity index is 759. The van der Waals surface area contributed by atoms with Crippen molar-refractivity contribution in [1.82, 2.24) is 0 Å². The van der Waals surface area contributed by atoms with Crippen LogP contribution in [0, 0.1) is 29.5 Å². The monoisotopic (exact) mass is 430 g/mol. The number of halogens is 1. The summed E-state index contributed by atoms with van der Waals surface area (Å²) in [7, 11) is 0. The molecule has 0 bridgehead atoms. The van der Waals surface area contributed by atoms with Crippen molar-refractivity contribution in [2.75, 3.05) is 0 Å². The van der Waals surface area contributed by atoms with Gasteiger partial charge in [0.15, 0.2) is 11.6 Å². The van der Waals surface area contributed by atoms with Gasteiger partial charge in [-0.1, -0.05) is 45.3 Å². The molecular weight excluding hydrogens is 395 g/mol. The van der Waals surface area contributed by atoms with E-state index in [1.807, 2.05) is 0 Å². The molecule has 2 aliphatic carbocycles. The second-order valence-electron chi connectivity index (χ2n) is 9.18. The molecule has 5 heteroatoms. The van der Waals surface area contributed by atoms with Crippen LogP contribution in [0.5, 0.6) is 5.75 Å². The zero-order chi connectivity index (χ0) is 22.2. The fraction of sp³-hybridized carbons (Fsp3) is 0.615. The quantitative estimate of drug-likeness (QED) is 0.273. The van der Waals surface area contributed by atoms with Crippen molar-refractivity contribution in [2.24, 2.45) is 23.7 Å². The lowest BCUT2D eigenvalue weighted by atomic mass is 9.69. The first-order valence-electron chi connectivity index (χ1n) is 11.8. The van der Waals surface area contributed by atoms with Crippen molar-refractivity contribution in [1.29, 1.82) is 0 Å². The van der Waals surface area contributed by atoms with E-state index in [-0.39, 0.29) is 24.2 Å². The van der Waals surface area contributed by atoms with Crippen LogP contribution < -0.4 is 4.74 Å². The van der Waals surface area contributed by atoms with E-state index in [4.69, 9.17) is 9.47 Å². The highest BCUT2D eigenvalue weighted by Crippen LogP contribution is 2.42. The molecule has 0 radical (unpaired) electrons. The molecule has 2 saturated carbocycles. The maximum Gasteiger partial charge on any atom is 0.330 e. The molecular formula is C26H35FO4. The van der Waals surface area contributed by atoms with Gasteiger partial charge >= 0.3 is 11.9 Å². The molecule has 0 amide bonds. The highest BCUT2D eigenvalue weighted by Gasteiger charge is 2.33. The summed E-state index contributed by atoms with van der Waals surface area (Å²) in [6, 6.07) is 4.24. The standard InChI is InChI=1S/C26H35FO4/c1-3-5-18-6-9-20(10-7-18)21-11-13-22(14-12-21)26(29)31-24-15-8-19(16-23(24)27)17-30-25(28)4-2/h4,8,15-16,18,20-22H,2-3,5-7,9-14,17H2,1H3. The van der Waals surface area contributed by atoms with Crippen LogP contribution in [0.2, 0.25) is 0 Å². The summed E-state index contributed by atoms with van der Waals surface area (Å²) >= 11 is 0. The van der Waals surface area contributed by atoms with E-state index in [2.05, 4.69) is 13.5 Å². The van der Waals surface area contributed by atoms with Gasteiger partial charge in [0.2, 0.25) is 0 Å². The number of hydrogen-bond donors (Lipinski definition) is 0. The predicted molar refractivity (Wildman–Crippen MR) is 118 cm³/mol. The molecule has 0 aliphatic heterocycles. The van der Waals surface area contributed by atoms with Gasteiger partial charge in [0.25, 0.3) is 0 Å². The molecule has 170 valence electrons. The minimum Gasteiger partial charge on any atom is -0.458 e. The predicted octanol–water partition coefficient (Wildman–Crippen LogP) is 6.37. The number of ether oxygens (including phenoxy) is 2. The zero-order valence-corrected chi connectivity index (χ0v) is 18.6. The van der Waals surface area contributed by atoms with Crippen LogP contribution in [0.3, 0.4) is 0 Å².